The Morgan fingerprint density at radius 1 is 1.17 bits per heavy atom. The summed E-state index contributed by atoms with van der Waals surface area (Å²) < 4.78 is 10.8. The molecule has 1 aliphatic rings. The number of hydrogen-bond donors (Lipinski definition) is 0. The minimum atomic E-state index is -0.485. The average Bonchev–Trinajstić information content (AvgIpc) is 2.91. The zero-order chi connectivity index (χ0) is 16.2. The van der Waals surface area contributed by atoms with Crippen molar-refractivity contribution in [2.24, 2.45) is 4.99 Å². The molecule has 2 aromatic carbocycles. The van der Waals surface area contributed by atoms with E-state index >= 15 is 0 Å². The summed E-state index contributed by atoms with van der Waals surface area (Å²) in [4.78, 5) is 16.3. The summed E-state index contributed by atoms with van der Waals surface area (Å²) in [5.41, 5.74) is 1.72. The summed E-state index contributed by atoms with van der Waals surface area (Å²) in [6.45, 7) is 2.45. The van der Waals surface area contributed by atoms with Crippen molar-refractivity contribution >= 4 is 29.5 Å². The minimum absolute atomic E-state index is 0.238. The van der Waals surface area contributed by atoms with Gasteiger partial charge < -0.3 is 9.47 Å². The molecule has 0 unspecified atom stereocenters. The number of hydrogen-bond acceptors (Lipinski definition) is 4. The van der Waals surface area contributed by atoms with Crippen molar-refractivity contribution in [2.75, 3.05) is 6.61 Å². The first kappa shape index (κ1) is 15.3. The molecule has 4 nitrogen and oxygen atoms in total. The highest BCUT2D eigenvalue weighted by atomic mass is 35.5. The molecule has 0 aliphatic carbocycles. The molecular weight excluding hydrogens is 314 g/mol. The second-order valence-electron chi connectivity index (χ2n) is 4.81. The van der Waals surface area contributed by atoms with E-state index in [1.165, 1.54) is 0 Å². The first-order valence-corrected chi connectivity index (χ1v) is 7.55. The van der Waals surface area contributed by atoms with Gasteiger partial charge in [-0.2, -0.15) is 0 Å². The molecule has 1 heterocycles. The number of ether oxygens (including phenoxy) is 2. The van der Waals surface area contributed by atoms with Crippen LogP contribution in [0.2, 0.25) is 5.02 Å². The molecule has 0 spiro atoms. The molecule has 2 aromatic rings. The molecular formula is C18H14ClNO3. The van der Waals surface area contributed by atoms with Crippen molar-refractivity contribution < 1.29 is 14.3 Å². The van der Waals surface area contributed by atoms with Crippen molar-refractivity contribution in [3.8, 4) is 5.75 Å². The fraction of sp³-hybridized carbons (Fsp3) is 0.111. The molecule has 0 atom stereocenters. The fourth-order valence-electron chi connectivity index (χ4n) is 2.16. The number of halogens is 1. The molecule has 0 radical (unpaired) electrons. The lowest BCUT2D eigenvalue weighted by atomic mass is 10.1. The third-order valence-electron chi connectivity index (χ3n) is 3.22. The molecule has 3 rings (SSSR count). The molecule has 1 aliphatic heterocycles. The molecule has 23 heavy (non-hydrogen) atoms. The summed E-state index contributed by atoms with van der Waals surface area (Å²) in [6, 6.07) is 14.4. The number of aliphatic imine (C=N–C) groups is 1. The van der Waals surface area contributed by atoms with Crippen molar-refractivity contribution in [3.63, 3.8) is 0 Å². The second-order valence-corrected chi connectivity index (χ2v) is 5.25. The van der Waals surface area contributed by atoms with Gasteiger partial charge in [-0.05, 0) is 43.3 Å². The highest BCUT2D eigenvalue weighted by molar-refractivity contribution is 6.30. The first-order chi connectivity index (χ1) is 11.2. The maximum Gasteiger partial charge on any atom is 0.363 e. The Morgan fingerprint density at radius 3 is 2.65 bits per heavy atom. The van der Waals surface area contributed by atoms with Gasteiger partial charge in [-0.1, -0.05) is 29.8 Å². The van der Waals surface area contributed by atoms with E-state index in [-0.39, 0.29) is 11.6 Å². The number of carbonyl (C=O) groups excluding carboxylic acids is 1. The van der Waals surface area contributed by atoms with Crippen LogP contribution >= 0.6 is 11.6 Å². The van der Waals surface area contributed by atoms with Crippen molar-refractivity contribution in [1.29, 1.82) is 0 Å². The number of nitrogens with zero attached hydrogens (tertiary/aromatic N) is 1. The van der Waals surface area contributed by atoms with Crippen LogP contribution in [0.25, 0.3) is 6.08 Å². The molecule has 0 amide bonds. The van der Waals surface area contributed by atoms with Gasteiger partial charge in [0.1, 0.15) is 5.75 Å². The van der Waals surface area contributed by atoms with E-state index < -0.39 is 5.97 Å². The lowest BCUT2D eigenvalue weighted by Gasteiger charge is -2.06. The molecule has 0 fully saturated rings. The third kappa shape index (κ3) is 3.43. The number of esters is 1. The van der Waals surface area contributed by atoms with Crippen LogP contribution in [-0.2, 0) is 9.53 Å². The maximum atomic E-state index is 12.0. The van der Waals surface area contributed by atoms with Crippen LogP contribution in [0.1, 0.15) is 18.1 Å². The molecule has 0 saturated carbocycles. The van der Waals surface area contributed by atoms with Crippen LogP contribution in [0.4, 0.5) is 0 Å². The van der Waals surface area contributed by atoms with Gasteiger partial charge >= 0.3 is 5.97 Å². The molecule has 0 N–H and O–H groups in total. The summed E-state index contributed by atoms with van der Waals surface area (Å²) in [7, 11) is 0. The van der Waals surface area contributed by atoms with Crippen LogP contribution in [0.3, 0.4) is 0 Å². The van der Waals surface area contributed by atoms with Gasteiger partial charge in [-0.25, -0.2) is 9.79 Å². The number of benzene rings is 2. The van der Waals surface area contributed by atoms with Crippen LogP contribution in [0.5, 0.6) is 5.75 Å². The zero-order valence-corrected chi connectivity index (χ0v) is 13.2. The fourth-order valence-corrected chi connectivity index (χ4v) is 2.29. The summed E-state index contributed by atoms with van der Waals surface area (Å²) in [6.07, 6.45) is 1.66. The lowest BCUT2D eigenvalue weighted by Crippen LogP contribution is -2.05. The summed E-state index contributed by atoms with van der Waals surface area (Å²) in [5, 5.41) is 0.611. The SMILES string of the molecule is CCOc1ccccc1/C=C1\N=C(c2ccc(Cl)cc2)OC1=O. The zero-order valence-electron chi connectivity index (χ0n) is 12.5. The Morgan fingerprint density at radius 2 is 1.91 bits per heavy atom. The Balaban J connectivity index is 1.94. The lowest BCUT2D eigenvalue weighted by molar-refractivity contribution is -0.129. The van der Waals surface area contributed by atoms with E-state index in [4.69, 9.17) is 21.1 Å². The van der Waals surface area contributed by atoms with E-state index in [1.807, 2.05) is 31.2 Å². The number of carbonyl (C=O) groups is 1. The molecule has 0 saturated heterocycles. The first-order valence-electron chi connectivity index (χ1n) is 7.17. The Kier molecular flexibility index (Phi) is 4.44. The summed E-state index contributed by atoms with van der Waals surface area (Å²) >= 11 is 5.86. The van der Waals surface area contributed by atoms with E-state index in [0.717, 1.165) is 5.56 Å². The van der Waals surface area contributed by atoms with E-state index in [2.05, 4.69) is 4.99 Å². The second kappa shape index (κ2) is 6.67. The molecule has 0 aromatic heterocycles. The Bertz CT molecular complexity index is 794. The van der Waals surface area contributed by atoms with Gasteiger partial charge in [0.05, 0.1) is 6.61 Å². The molecule has 5 heteroatoms. The van der Waals surface area contributed by atoms with Gasteiger partial charge in [0.25, 0.3) is 0 Å². The van der Waals surface area contributed by atoms with Gasteiger partial charge in [0, 0.05) is 16.1 Å². The number of cyclic esters (lactones) is 1. The monoisotopic (exact) mass is 327 g/mol. The largest absolute Gasteiger partial charge is 0.493 e. The van der Waals surface area contributed by atoms with Crippen LogP contribution in [0.15, 0.2) is 59.2 Å². The maximum absolute atomic E-state index is 12.0. The Hall–Kier alpha value is -2.59. The number of rotatable bonds is 4. The van der Waals surface area contributed by atoms with Crippen LogP contribution in [0, 0.1) is 0 Å². The summed E-state index contributed by atoms with van der Waals surface area (Å²) in [5.74, 6) is 0.485. The average molecular weight is 328 g/mol. The van der Waals surface area contributed by atoms with Gasteiger partial charge in [0.15, 0.2) is 5.70 Å². The third-order valence-corrected chi connectivity index (χ3v) is 3.47. The predicted octanol–water partition coefficient (Wildman–Crippen LogP) is 4.08. The van der Waals surface area contributed by atoms with Gasteiger partial charge in [0.2, 0.25) is 5.90 Å². The van der Waals surface area contributed by atoms with Crippen LogP contribution in [-0.4, -0.2) is 18.5 Å². The Labute approximate surface area is 139 Å². The smallest absolute Gasteiger partial charge is 0.363 e. The van der Waals surface area contributed by atoms with Crippen molar-refractivity contribution in [1.82, 2.24) is 0 Å². The highest BCUT2D eigenvalue weighted by Crippen LogP contribution is 2.25. The van der Waals surface area contributed by atoms with E-state index in [1.54, 1.807) is 30.3 Å². The molecule has 116 valence electrons. The topological polar surface area (TPSA) is 47.9 Å². The standard InChI is InChI=1S/C18H14ClNO3/c1-2-22-16-6-4-3-5-13(16)11-15-18(21)23-17(20-15)12-7-9-14(19)10-8-12/h3-11H,2H2,1H3/b15-11-. The van der Waals surface area contributed by atoms with Crippen molar-refractivity contribution in [3.05, 3.63) is 70.4 Å². The van der Waals surface area contributed by atoms with E-state index in [0.29, 0.717) is 22.9 Å². The van der Waals surface area contributed by atoms with E-state index in [9.17, 15) is 4.79 Å². The minimum Gasteiger partial charge on any atom is -0.493 e. The predicted molar refractivity (Wildman–Crippen MR) is 89.7 cm³/mol. The normalized spacial score (nSPS) is 15.5. The van der Waals surface area contributed by atoms with Crippen LogP contribution < -0.4 is 4.74 Å². The van der Waals surface area contributed by atoms with Crippen molar-refractivity contribution in [2.45, 2.75) is 6.92 Å². The quantitative estimate of drug-likeness (QED) is 0.628. The van der Waals surface area contributed by atoms with Gasteiger partial charge in [-0.3, -0.25) is 0 Å². The highest BCUT2D eigenvalue weighted by Gasteiger charge is 2.24. The molecule has 0 bridgehead atoms. The van der Waals surface area contributed by atoms with Gasteiger partial charge in [-0.15, -0.1) is 0 Å². The number of para-hydroxylation sites is 1.